The molecule has 1 unspecified atom stereocenters. The lowest BCUT2D eigenvalue weighted by Crippen LogP contribution is -2.19. The molecule has 1 aliphatic rings. The molecule has 0 fully saturated rings. The molecular formula is C23H20Cl3F3N4. The van der Waals surface area contributed by atoms with Crippen LogP contribution in [-0.2, 0) is 12.6 Å². The molecule has 2 heterocycles. The largest absolute Gasteiger partial charge is 0.416 e. The molecule has 3 aromatic rings. The van der Waals surface area contributed by atoms with Gasteiger partial charge in [-0.3, -0.25) is 5.01 Å². The standard InChI is InChI=1S/C23H20Cl3F3N4/c1-2-3-4-20-30-21(22(26)31-20)19-12-18(13-5-7-14(8-6-13)23(27,28)29)32-33(19)17-10-15(24)9-16(25)11-17/h5-11,19H,2-4,12H2,1H3,(H,30,31). The number of aromatic amines is 1. The normalized spacial score (nSPS) is 16.4. The molecule has 4 rings (SSSR count). The second kappa shape index (κ2) is 9.57. The summed E-state index contributed by atoms with van der Waals surface area (Å²) >= 11 is 18.9. The van der Waals surface area contributed by atoms with Crippen LogP contribution in [0.3, 0.4) is 0 Å². The van der Waals surface area contributed by atoms with Crippen LogP contribution in [-0.4, -0.2) is 15.7 Å². The maximum atomic E-state index is 13.0. The first-order chi connectivity index (χ1) is 15.7. The zero-order chi connectivity index (χ0) is 23.8. The lowest BCUT2D eigenvalue weighted by Gasteiger charge is -2.23. The molecule has 1 aromatic heterocycles. The smallest absolute Gasteiger partial charge is 0.343 e. The molecule has 0 bridgehead atoms. The van der Waals surface area contributed by atoms with Crippen LogP contribution in [0.2, 0.25) is 15.2 Å². The van der Waals surface area contributed by atoms with Crippen molar-refractivity contribution in [2.24, 2.45) is 5.10 Å². The van der Waals surface area contributed by atoms with E-state index in [1.807, 2.05) is 0 Å². The Labute approximate surface area is 204 Å². The Morgan fingerprint density at radius 1 is 1.06 bits per heavy atom. The van der Waals surface area contributed by atoms with Gasteiger partial charge in [-0.15, -0.1) is 0 Å². The molecule has 0 saturated heterocycles. The maximum Gasteiger partial charge on any atom is 0.416 e. The van der Waals surface area contributed by atoms with E-state index in [0.29, 0.717) is 44.3 Å². The van der Waals surface area contributed by atoms with Gasteiger partial charge in [0.15, 0.2) is 5.15 Å². The van der Waals surface area contributed by atoms with Crippen molar-refractivity contribution in [3.63, 3.8) is 0 Å². The molecule has 1 atom stereocenters. The second-order valence-corrected chi connectivity index (χ2v) is 9.04. The van der Waals surface area contributed by atoms with Gasteiger partial charge < -0.3 is 4.98 Å². The number of anilines is 1. The summed E-state index contributed by atoms with van der Waals surface area (Å²) in [7, 11) is 0. The quantitative estimate of drug-likeness (QED) is 0.360. The van der Waals surface area contributed by atoms with Crippen LogP contribution in [0, 0.1) is 0 Å². The monoisotopic (exact) mass is 514 g/mol. The molecule has 0 aliphatic carbocycles. The number of unbranched alkanes of at least 4 members (excludes halogenated alkanes) is 1. The summed E-state index contributed by atoms with van der Waals surface area (Å²) in [5, 5.41) is 7.67. The van der Waals surface area contributed by atoms with Crippen LogP contribution in [0.1, 0.15) is 54.9 Å². The third-order valence-corrected chi connectivity index (χ3v) is 6.13. The van der Waals surface area contributed by atoms with Gasteiger partial charge in [0.1, 0.15) is 11.9 Å². The number of hydrazone groups is 1. The average molecular weight is 516 g/mol. The Bertz CT molecular complexity index is 1150. The highest BCUT2D eigenvalue weighted by atomic mass is 35.5. The van der Waals surface area contributed by atoms with E-state index < -0.39 is 11.7 Å². The van der Waals surface area contributed by atoms with E-state index in [4.69, 9.17) is 39.9 Å². The number of aromatic nitrogens is 2. The van der Waals surface area contributed by atoms with Gasteiger partial charge in [0.2, 0.25) is 0 Å². The van der Waals surface area contributed by atoms with E-state index in [9.17, 15) is 13.2 Å². The van der Waals surface area contributed by atoms with Gasteiger partial charge in [-0.2, -0.15) is 18.3 Å². The maximum absolute atomic E-state index is 13.0. The van der Waals surface area contributed by atoms with Gasteiger partial charge in [-0.1, -0.05) is 60.3 Å². The van der Waals surface area contributed by atoms with E-state index in [2.05, 4.69) is 16.9 Å². The fraction of sp³-hybridized carbons (Fsp3) is 0.304. The minimum absolute atomic E-state index is 0.341. The minimum atomic E-state index is -4.40. The fourth-order valence-electron chi connectivity index (χ4n) is 3.77. The van der Waals surface area contributed by atoms with Crippen molar-refractivity contribution >= 4 is 46.2 Å². The zero-order valence-corrected chi connectivity index (χ0v) is 19.8. The first-order valence-corrected chi connectivity index (χ1v) is 11.5. The zero-order valence-electron chi connectivity index (χ0n) is 17.6. The van der Waals surface area contributed by atoms with Crippen molar-refractivity contribution in [3.8, 4) is 0 Å². The van der Waals surface area contributed by atoms with E-state index in [1.165, 1.54) is 12.1 Å². The van der Waals surface area contributed by atoms with Crippen molar-refractivity contribution in [2.45, 2.75) is 44.8 Å². The van der Waals surface area contributed by atoms with Gasteiger partial charge >= 0.3 is 6.18 Å². The average Bonchev–Trinajstić information content (AvgIpc) is 3.34. The summed E-state index contributed by atoms with van der Waals surface area (Å²) < 4.78 is 39.0. The number of hydrogen-bond donors (Lipinski definition) is 1. The molecule has 33 heavy (non-hydrogen) atoms. The summed E-state index contributed by atoms with van der Waals surface area (Å²) in [4.78, 5) is 7.76. The Balaban J connectivity index is 1.73. The van der Waals surface area contributed by atoms with Crippen LogP contribution in [0.4, 0.5) is 18.9 Å². The van der Waals surface area contributed by atoms with Crippen molar-refractivity contribution < 1.29 is 13.2 Å². The third kappa shape index (κ3) is 5.31. The highest BCUT2D eigenvalue weighted by Gasteiger charge is 2.34. The molecule has 2 aromatic carbocycles. The van der Waals surface area contributed by atoms with Crippen molar-refractivity contribution in [1.82, 2.24) is 9.97 Å². The molecular weight excluding hydrogens is 496 g/mol. The first-order valence-electron chi connectivity index (χ1n) is 10.4. The summed E-state index contributed by atoms with van der Waals surface area (Å²) in [6.07, 6.45) is -1.25. The van der Waals surface area contributed by atoms with Crippen LogP contribution >= 0.6 is 34.8 Å². The highest BCUT2D eigenvalue weighted by molar-refractivity contribution is 6.35. The highest BCUT2D eigenvalue weighted by Crippen LogP contribution is 2.40. The lowest BCUT2D eigenvalue weighted by atomic mass is 10.0. The number of H-pyrrole nitrogens is 1. The van der Waals surface area contributed by atoms with E-state index in [1.54, 1.807) is 23.2 Å². The Hall–Kier alpha value is -2.22. The fourth-order valence-corrected chi connectivity index (χ4v) is 4.56. The number of nitrogens with zero attached hydrogens (tertiary/aromatic N) is 3. The molecule has 0 spiro atoms. The molecule has 174 valence electrons. The molecule has 0 radical (unpaired) electrons. The van der Waals surface area contributed by atoms with Crippen LogP contribution in [0.5, 0.6) is 0 Å². The number of alkyl halides is 3. The van der Waals surface area contributed by atoms with Gasteiger partial charge in [-0.25, -0.2) is 4.98 Å². The Morgan fingerprint density at radius 2 is 1.73 bits per heavy atom. The van der Waals surface area contributed by atoms with E-state index in [-0.39, 0.29) is 6.04 Å². The van der Waals surface area contributed by atoms with Gasteiger partial charge in [-0.05, 0) is 42.3 Å². The van der Waals surface area contributed by atoms with Crippen molar-refractivity contribution in [1.29, 1.82) is 0 Å². The number of hydrogen-bond acceptors (Lipinski definition) is 3. The number of rotatable bonds is 6. The molecule has 4 nitrogen and oxygen atoms in total. The third-order valence-electron chi connectivity index (χ3n) is 5.40. The molecule has 0 amide bonds. The predicted molar refractivity (Wildman–Crippen MR) is 126 cm³/mol. The summed E-state index contributed by atoms with van der Waals surface area (Å²) in [6, 6.07) is 9.67. The first kappa shape index (κ1) is 23.9. The predicted octanol–water partition coefficient (Wildman–Crippen LogP) is 8.09. The number of aryl methyl sites for hydroxylation is 1. The number of benzene rings is 2. The van der Waals surface area contributed by atoms with E-state index in [0.717, 1.165) is 37.2 Å². The summed E-state index contributed by atoms with van der Waals surface area (Å²) in [5.74, 6) is 0.781. The Morgan fingerprint density at radius 3 is 2.33 bits per heavy atom. The lowest BCUT2D eigenvalue weighted by molar-refractivity contribution is -0.137. The second-order valence-electron chi connectivity index (χ2n) is 7.81. The van der Waals surface area contributed by atoms with Crippen molar-refractivity contribution in [3.05, 3.63) is 80.3 Å². The number of nitrogens with one attached hydrogen (secondary N) is 1. The molecule has 1 N–H and O–H groups in total. The SMILES string of the molecule is CCCCc1nc(Cl)c(C2CC(c3ccc(C(F)(F)F)cc3)=NN2c2cc(Cl)cc(Cl)c2)[nH]1. The molecule has 10 heteroatoms. The topological polar surface area (TPSA) is 44.3 Å². The van der Waals surface area contributed by atoms with E-state index >= 15 is 0 Å². The van der Waals surface area contributed by atoms with Gasteiger partial charge in [0, 0.05) is 22.9 Å². The number of imidazole rings is 1. The molecule has 0 saturated carbocycles. The van der Waals surface area contributed by atoms with Crippen molar-refractivity contribution in [2.75, 3.05) is 5.01 Å². The van der Waals surface area contributed by atoms with Gasteiger partial charge in [0.05, 0.1) is 22.7 Å². The molecule has 1 aliphatic heterocycles. The summed E-state index contributed by atoms with van der Waals surface area (Å²) in [5.41, 5.74) is 1.82. The van der Waals surface area contributed by atoms with Crippen LogP contribution < -0.4 is 5.01 Å². The number of halogens is 6. The van der Waals surface area contributed by atoms with Crippen LogP contribution in [0.25, 0.3) is 0 Å². The van der Waals surface area contributed by atoms with Crippen LogP contribution in [0.15, 0.2) is 47.6 Å². The van der Waals surface area contributed by atoms with Gasteiger partial charge in [0.25, 0.3) is 0 Å². The summed E-state index contributed by atoms with van der Waals surface area (Å²) in [6.45, 7) is 2.09. The Kier molecular flexibility index (Phi) is 6.93. The minimum Gasteiger partial charge on any atom is -0.343 e.